The molecule has 0 radical (unpaired) electrons. The zero-order valence-corrected chi connectivity index (χ0v) is 9.00. The Kier molecular flexibility index (Phi) is 2.16. The Labute approximate surface area is 94.0 Å². The minimum absolute atomic E-state index is 0.209. The first-order chi connectivity index (χ1) is 7.74. The summed E-state index contributed by atoms with van der Waals surface area (Å²) in [5.74, 6) is 0.583. The molecule has 0 aliphatic heterocycles. The minimum atomic E-state index is -0.209. The second kappa shape index (κ2) is 3.55. The van der Waals surface area contributed by atoms with Crippen molar-refractivity contribution in [2.24, 2.45) is 5.92 Å². The van der Waals surface area contributed by atoms with E-state index in [1.807, 2.05) is 0 Å². The molecule has 0 saturated heterocycles. The topological polar surface area (TPSA) is 17.1 Å². The molecule has 0 unspecified atom stereocenters. The molecule has 0 atom stereocenters. The van der Waals surface area contributed by atoms with Gasteiger partial charge in [0, 0.05) is 12.0 Å². The molecule has 1 aromatic carbocycles. The highest BCUT2D eigenvalue weighted by molar-refractivity contribution is 6.22. The third kappa shape index (κ3) is 1.69. The zero-order chi connectivity index (χ0) is 11.1. The van der Waals surface area contributed by atoms with E-state index in [1.54, 1.807) is 12.1 Å². The van der Waals surface area contributed by atoms with Gasteiger partial charge in [0.1, 0.15) is 5.82 Å². The molecule has 1 aromatic rings. The van der Waals surface area contributed by atoms with E-state index < -0.39 is 0 Å². The Bertz CT molecular complexity index is 484. The number of hydrogen-bond acceptors (Lipinski definition) is 1. The largest absolute Gasteiger partial charge is 0.294 e. The lowest BCUT2D eigenvalue weighted by molar-refractivity contribution is -0.113. The van der Waals surface area contributed by atoms with Gasteiger partial charge in [0.15, 0.2) is 5.78 Å². The molecule has 1 saturated carbocycles. The van der Waals surface area contributed by atoms with E-state index in [9.17, 15) is 9.18 Å². The molecule has 2 heteroatoms. The van der Waals surface area contributed by atoms with Crippen LogP contribution in [0.2, 0.25) is 0 Å². The molecule has 0 bridgehead atoms. The van der Waals surface area contributed by atoms with Gasteiger partial charge in [0.25, 0.3) is 0 Å². The van der Waals surface area contributed by atoms with Gasteiger partial charge in [-0.1, -0.05) is 12.1 Å². The standard InChI is InChI=1S/C14H13FO/c15-11-4-5-12-10(8-11)3-6-14(16)13(12)7-9-1-2-9/h4-5,7-9H,1-3,6H2. The molecule has 1 fully saturated rings. The molecule has 0 spiro atoms. The van der Waals surface area contributed by atoms with Crippen molar-refractivity contribution in [1.29, 1.82) is 0 Å². The van der Waals surface area contributed by atoms with Gasteiger partial charge in [-0.3, -0.25) is 4.79 Å². The normalized spacial score (nSPS) is 22.3. The second-order valence-electron chi connectivity index (χ2n) is 4.64. The van der Waals surface area contributed by atoms with Crippen LogP contribution in [0.25, 0.3) is 5.57 Å². The molecular weight excluding hydrogens is 203 g/mol. The van der Waals surface area contributed by atoms with E-state index in [0.29, 0.717) is 18.8 Å². The van der Waals surface area contributed by atoms with E-state index in [-0.39, 0.29) is 11.6 Å². The van der Waals surface area contributed by atoms with Crippen molar-refractivity contribution in [3.05, 3.63) is 41.2 Å². The maximum atomic E-state index is 13.1. The summed E-state index contributed by atoms with van der Waals surface area (Å²) in [4.78, 5) is 11.8. The lowest BCUT2D eigenvalue weighted by Gasteiger charge is -2.18. The molecule has 2 aliphatic rings. The summed E-state index contributed by atoms with van der Waals surface area (Å²) >= 11 is 0. The monoisotopic (exact) mass is 216 g/mol. The lowest BCUT2D eigenvalue weighted by atomic mass is 9.85. The molecule has 82 valence electrons. The van der Waals surface area contributed by atoms with Crippen LogP contribution in [0.1, 0.15) is 30.4 Å². The van der Waals surface area contributed by atoms with E-state index in [0.717, 1.165) is 16.7 Å². The number of halogens is 1. The van der Waals surface area contributed by atoms with E-state index >= 15 is 0 Å². The number of benzene rings is 1. The van der Waals surface area contributed by atoms with Crippen LogP contribution in [0, 0.1) is 11.7 Å². The Balaban J connectivity index is 2.08. The lowest BCUT2D eigenvalue weighted by Crippen LogP contribution is -2.12. The van der Waals surface area contributed by atoms with Gasteiger partial charge >= 0.3 is 0 Å². The summed E-state index contributed by atoms with van der Waals surface area (Å²) in [6.45, 7) is 0. The maximum absolute atomic E-state index is 13.1. The van der Waals surface area contributed by atoms with Gasteiger partial charge < -0.3 is 0 Å². The summed E-state index contributed by atoms with van der Waals surface area (Å²) in [5, 5.41) is 0. The number of Topliss-reactive ketones (excluding diaryl/α,β-unsaturated/α-hetero) is 1. The molecule has 3 rings (SSSR count). The predicted molar refractivity (Wildman–Crippen MR) is 60.4 cm³/mol. The third-order valence-corrected chi connectivity index (χ3v) is 3.30. The van der Waals surface area contributed by atoms with Crippen LogP contribution in [0.4, 0.5) is 4.39 Å². The summed E-state index contributed by atoms with van der Waals surface area (Å²) < 4.78 is 13.1. The van der Waals surface area contributed by atoms with Gasteiger partial charge in [0.05, 0.1) is 0 Å². The number of carbonyl (C=O) groups excluding carboxylic acids is 1. The number of rotatable bonds is 1. The van der Waals surface area contributed by atoms with E-state index in [4.69, 9.17) is 0 Å². The fraction of sp³-hybridized carbons (Fsp3) is 0.357. The number of allylic oxidation sites excluding steroid dienone is 2. The first kappa shape index (κ1) is 9.76. The van der Waals surface area contributed by atoms with Crippen molar-refractivity contribution in [2.45, 2.75) is 25.7 Å². The minimum Gasteiger partial charge on any atom is -0.294 e. The molecule has 0 N–H and O–H groups in total. The number of ketones is 1. The zero-order valence-electron chi connectivity index (χ0n) is 9.00. The van der Waals surface area contributed by atoms with Crippen LogP contribution in [0.15, 0.2) is 24.3 Å². The highest BCUT2D eigenvalue weighted by atomic mass is 19.1. The highest BCUT2D eigenvalue weighted by Gasteiger charge is 2.26. The Hall–Kier alpha value is -1.44. The van der Waals surface area contributed by atoms with E-state index in [2.05, 4.69) is 6.08 Å². The number of fused-ring (bicyclic) bond motifs is 1. The SMILES string of the molecule is O=C1CCc2cc(F)ccc2C1=CC1CC1. The molecule has 1 nitrogen and oxygen atoms in total. The van der Waals surface area contributed by atoms with Gasteiger partial charge in [-0.15, -0.1) is 0 Å². The van der Waals surface area contributed by atoms with Crippen molar-refractivity contribution in [1.82, 2.24) is 0 Å². The van der Waals surface area contributed by atoms with Crippen LogP contribution in [0.3, 0.4) is 0 Å². The van der Waals surface area contributed by atoms with Crippen LogP contribution in [-0.4, -0.2) is 5.78 Å². The molecule has 0 heterocycles. The number of carbonyl (C=O) groups is 1. The molecule has 2 aliphatic carbocycles. The van der Waals surface area contributed by atoms with Gasteiger partial charge in [-0.05, 0) is 48.4 Å². The third-order valence-electron chi connectivity index (χ3n) is 3.30. The van der Waals surface area contributed by atoms with E-state index in [1.165, 1.54) is 18.9 Å². The van der Waals surface area contributed by atoms with Crippen molar-refractivity contribution >= 4 is 11.4 Å². The maximum Gasteiger partial charge on any atom is 0.163 e. The van der Waals surface area contributed by atoms with Gasteiger partial charge in [-0.2, -0.15) is 0 Å². The smallest absolute Gasteiger partial charge is 0.163 e. The van der Waals surface area contributed by atoms with Crippen LogP contribution in [0.5, 0.6) is 0 Å². The molecule has 0 aromatic heterocycles. The second-order valence-corrected chi connectivity index (χ2v) is 4.64. The fourth-order valence-electron chi connectivity index (χ4n) is 2.25. The molecular formula is C14H13FO. The summed E-state index contributed by atoms with van der Waals surface area (Å²) in [6.07, 6.45) is 5.65. The molecule has 16 heavy (non-hydrogen) atoms. The average Bonchev–Trinajstić information content (AvgIpc) is 3.06. The summed E-state index contributed by atoms with van der Waals surface area (Å²) in [6, 6.07) is 4.75. The predicted octanol–water partition coefficient (Wildman–Crippen LogP) is 3.13. The Morgan fingerprint density at radius 3 is 2.81 bits per heavy atom. The van der Waals surface area contributed by atoms with Crippen LogP contribution >= 0.6 is 0 Å². The van der Waals surface area contributed by atoms with Crippen molar-refractivity contribution in [3.63, 3.8) is 0 Å². The highest BCUT2D eigenvalue weighted by Crippen LogP contribution is 2.36. The van der Waals surface area contributed by atoms with Crippen LogP contribution < -0.4 is 0 Å². The van der Waals surface area contributed by atoms with Crippen molar-refractivity contribution in [3.8, 4) is 0 Å². The Morgan fingerprint density at radius 1 is 1.25 bits per heavy atom. The van der Waals surface area contributed by atoms with Gasteiger partial charge in [0.2, 0.25) is 0 Å². The first-order valence-corrected chi connectivity index (χ1v) is 5.78. The summed E-state index contributed by atoms with van der Waals surface area (Å²) in [7, 11) is 0. The molecule has 0 amide bonds. The quantitative estimate of drug-likeness (QED) is 0.659. The summed E-state index contributed by atoms with van der Waals surface area (Å²) in [5.41, 5.74) is 2.75. The number of aryl methyl sites for hydroxylation is 1. The average molecular weight is 216 g/mol. The van der Waals surface area contributed by atoms with Crippen molar-refractivity contribution in [2.75, 3.05) is 0 Å². The fourth-order valence-corrected chi connectivity index (χ4v) is 2.25. The van der Waals surface area contributed by atoms with Gasteiger partial charge in [-0.25, -0.2) is 4.39 Å². The first-order valence-electron chi connectivity index (χ1n) is 5.78. The Morgan fingerprint density at radius 2 is 2.06 bits per heavy atom. The van der Waals surface area contributed by atoms with Crippen molar-refractivity contribution < 1.29 is 9.18 Å². The number of hydrogen-bond donors (Lipinski definition) is 0. The van der Waals surface area contributed by atoms with Crippen LogP contribution in [-0.2, 0) is 11.2 Å².